The third-order valence-electron chi connectivity index (χ3n) is 8.69. The van der Waals surface area contributed by atoms with Gasteiger partial charge >= 0.3 is 5.97 Å². The maximum Gasteiger partial charge on any atom is 0.328 e. The SMILES string of the molecule is COC1C=CC=CC=CCC(OC(=O)C(C)NC(=O)C2CCCCC2)C(C)C(O)C(C)=CCCc2cc(O)cc(c2O)NC(=O)C1. The first kappa shape index (κ1) is 36.6. The van der Waals surface area contributed by atoms with Gasteiger partial charge in [-0.1, -0.05) is 68.7 Å². The van der Waals surface area contributed by atoms with Gasteiger partial charge in [0.25, 0.3) is 0 Å². The van der Waals surface area contributed by atoms with Crippen molar-refractivity contribution in [3.05, 3.63) is 65.8 Å². The summed E-state index contributed by atoms with van der Waals surface area (Å²) in [6, 6.07) is 1.89. The summed E-state index contributed by atoms with van der Waals surface area (Å²) in [7, 11) is 1.49. The van der Waals surface area contributed by atoms with Gasteiger partial charge in [0.2, 0.25) is 11.8 Å². The lowest BCUT2D eigenvalue weighted by molar-refractivity contribution is -0.156. The minimum atomic E-state index is -0.940. The molecule has 46 heavy (non-hydrogen) atoms. The number of fused-ring (bicyclic) bond motifs is 2. The minimum Gasteiger partial charge on any atom is -0.508 e. The van der Waals surface area contributed by atoms with E-state index in [1.165, 1.54) is 19.2 Å². The summed E-state index contributed by atoms with van der Waals surface area (Å²) in [6.07, 6.45) is 16.2. The van der Waals surface area contributed by atoms with Gasteiger partial charge in [-0.05, 0) is 56.7 Å². The minimum absolute atomic E-state index is 0.00853. The predicted octanol–water partition coefficient (Wildman–Crippen LogP) is 5.39. The van der Waals surface area contributed by atoms with Crippen molar-refractivity contribution in [2.75, 3.05) is 12.4 Å². The highest BCUT2D eigenvalue weighted by atomic mass is 16.5. The molecule has 1 heterocycles. The zero-order chi connectivity index (χ0) is 33.6. The molecule has 0 spiro atoms. The number of phenolic OH excluding ortho intramolecular Hbond substituents is 2. The first-order valence-electron chi connectivity index (χ1n) is 16.2. The topological polar surface area (TPSA) is 154 Å². The summed E-state index contributed by atoms with van der Waals surface area (Å²) in [5.41, 5.74) is 1.19. The Morgan fingerprint density at radius 2 is 1.78 bits per heavy atom. The van der Waals surface area contributed by atoms with Gasteiger partial charge in [0.1, 0.15) is 23.6 Å². The van der Waals surface area contributed by atoms with Crippen molar-refractivity contribution in [2.24, 2.45) is 11.8 Å². The number of esters is 1. The molecule has 1 aliphatic carbocycles. The normalized spacial score (nSPS) is 24.6. The van der Waals surface area contributed by atoms with Gasteiger partial charge < -0.3 is 35.4 Å². The van der Waals surface area contributed by atoms with Gasteiger partial charge in [-0.3, -0.25) is 9.59 Å². The molecule has 0 saturated heterocycles. The van der Waals surface area contributed by atoms with Gasteiger partial charge in [-0.15, -0.1) is 0 Å². The van der Waals surface area contributed by atoms with Crippen LogP contribution in [0.15, 0.2) is 60.2 Å². The molecule has 1 aromatic rings. The molecule has 5 N–H and O–H groups in total. The number of ether oxygens (including phenoxy) is 2. The molecule has 1 aliphatic heterocycles. The van der Waals surface area contributed by atoms with Crippen LogP contribution in [0.25, 0.3) is 0 Å². The van der Waals surface area contributed by atoms with E-state index in [9.17, 15) is 29.7 Å². The lowest BCUT2D eigenvalue weighted by Gasteiger charge is -2.29. The average molecular weight is 639 g/mol. The number of aryl methyl sites for hydroxylation is 1. The number of allylic oxidation sites excluding steroid dienone is 5. The Kier molecular flexibility index (Phi) is 14.6. The molecule has 10 heteroatoms. The number of nitrogens with one attached hydrogen (secondary N) is 2. The van der Waals surface area contributed by atoms with E-state index in [1.54, 1.807) is 44.2 Å². The van der Waals surface area contributed by atoms with E-state index in [-0.39, 0.29) is 35.4 Å². The second-order valence-corrected chi connectivity index (χ2v) is 12.3. The van der Waals surface area contributed by atoms with Crippen molar-refractivity contribution in [3.8, 4) is 11.5 Å². The molecule has 10 nitrogen and oxygen atoms in total. The molecule has 1 saturated carbocycles. The average Bonchev–Trinajstić information content (AvgIpc) is 3.04. The zero-order valence-electron chi connectivity index (χ0n) is 27.4. The lowest BCUT2D eigenvalue weighted by atomic mass is 9.88. The first-order chi connectivity index (χ1) is 22.0. The summed E-state index contributed by atoms with van der Waals surface area (Å²) in [5.74, 6) is -1.90. The molecule has 2 aliphatic rings. The number of carbonyl (C=O) groups is 3. The van der Waals surface area contributed by atoms with E-state index < -0.39 is 42.1 Å². The van der Waals surface area contributed by atoms with Crippen LogP contribution in [0, 0.1) is 11.8 Å². The van der Waals surface area contributed by atoms with E-state index in [2.05, 4.69) is 10.6 Å². The van der Waals surface area contributed by atoms with Crippen LogP contribution in [0.2, 0.25) is 0 Å². The third-order valence-corrected chi connectivity index (χ3v) is 8.69. The number of hydrogen-bond donors (Lipinski definition) is 5. The molecule has 2 amide bonds. The predicted molar refractivity (Wildman–Crippen MR) is 177 cm³/mol. The summed E-state index contributed by atoms with van der Waals surface area (Å²) >= 11 is 0. The number of aromatic hydroxyl groups is 2. The lowest BCUT2D eigenvalue weighted by Crippen LogP contribution is -2.45. The fourth-order valence-corrected chi connectivity index (χ4v) is 5.76. The number of benzene rings is 1. The van der Waals surface area contributed by atoms with Crippen molar-refractivity contribution in [1.29, 1.82) is 0 Å². The number of phenols is 2. The largest absolute Gasteiger partial charge is 0.508 e. The summed E-state index contributed by atoms with van der Waals surface area (Å²) in [4.78, 5) is 38.6. The van der Waals surface area contributed by atoms with Gasteiger partial charge in [-0.2, -0.15) is 0 Å². The first-order valence-corrected chi connectivity index (χ1v) is 16.2. The smallest absolute Gasteiger partial charge is 0.328 e. The van der Waals surface area contributed by atoms with E-state index in [0.717, 1.165) is 32.1 Å². The molecule has 0 radical (unpaired) electrons. The van der Waals surface area contributed by atoms with Gasteiger partial charge in [0, 0.05) is 31.4 Å². The van der Waals surface area contributed by atoms with Crippen LogP contribution in [-0.4, -0.2) is 64.6 Å². The van der Waals surface area contributed by atoms with Crippen LogP contribution in [0.3, 0.4) is 0 Å². The molecule has 252 valence electrons. The van der Waals surface area contributed by atoms with Gasteiger partial charge in [0.15, 0.2) is 0 Å². The standard InChI is InChI=1S/C36H50N2O8/c1-23-14-13-17-27-20-28(39)21-30(34(27)42)38-32(40)22-29(45-4)18-11-6-5-7-12-19-31(24(2)33(23)41)46-36(44)25(3)37-35(43)26-15-9-8-10-16-26/h5-7,11-12,14,18,20-21,24-26,29,31,33,39,41-42H,8-10,13,15-17,19,22H2,1-4H3,(H,37,43)(H,38,40). The van der Waals surface area contributed by atoms with Crippen molar-refractivity contribution in [3.63, 3.8) is 0 Å². The Bertz CT molecular complexity index is 1310. The zero-order valence-corrected chi connectivity index (χ0v) is 27.4. The Labute approximate surface area is 272 Å². The number of aliphatic hydroxyl groups is 1. The van der Waals surface area contributed by atoms with Crippen LogP contribution < -0.4 is 10.6 Å². The number of rotatable bonds is 5. The van der Waals surface area contributed by atoms with Gasteiger partial charge in [0.05, 0.1) is 24.3 Å². The Morgan fingerprint density at radius 3 is 2.50 bits per heavy atom. The highest BCUT2D eigenvalue weighted by Crippen LogP contribution is 2.34. The van der Waals surface area contributed by atoms with E-state index in [1.807, 2.05) is 19.1 Å². The molecule has 1 fully saturated rings. The van der Waals surface area contributed by atoms with E-state index >= 15 is 0 Å². The maximum absolute atomic E-state index is 13.1. The molecule has 5 atom stereocenters. The van der Waals surface area contributed by atoms with Crippen molar-refractivity contribution in [2.45, 2.75) is 103 Å². The maximum atomic E-state index is 13.1. The molecule has 1 aromatic carbocycles. The van der Waals surface area contributed by atoms with Crippen molar-refractivity contribution >= 4 is 23.5 Å². The summed E-state index contributed by atoms with van der Waals surface area (Å²) in [5, 5.41) is 37.8. The van der Waals surface area contributed by atoms with Crippen LogP contribution >= 0.6 is 0 Å². The number of methoxy groups -OCH3 is 1. The number of amides is 2. The second-order valence-electron chi connectivity index (χ2n) is 12.3. The number of anilines is 1. The Morgan fingerprint density at radius 1 is 1.07 bits per heavy atom. The van der Waals surface area contributed by atoms with E-state index in [4.69, 9.17) is 9.47 Å². The highest BCUT2D eigenvalue weighted by Gasteiger charge is 2.31. The summed E-state index contributed by atoms with van der Waals surface area (Å²) in [6.45, 7) is 5.22. The fraction of sp³-hybridized carbons (Fsp3) is 0.528. The second kappa shape index (κ2) is 18.3. The van der Waals surface area contributed by atoms with Crippen LogP contribution in [0.5, 0.6) is 11.5 Å². The Balaban J connectivity index is 1.82. The quantitative estimate of drug-likeness (QED) is 0.125. The number of hydrogen-bond acceptors (Lipinski definition) is 8. The fourth-order valence-electron chi connectivity index (χ4n) is 5.76. The summed E-state index contributed by atoms with van der Waals surface area (Å²) < 4.78 is 11.3. The number of aliphatic hydroxyl groups excluding tert-OH is 1. The molecule has 0 aromatic heterocycles. The molecule has 3 rings (SSSR count). The third kappa shape index (κ3) is 11.2. The van der Waals surface area contributed by atoms with Crippen molar-refractivity contribution in [1.82, 2.24) is 5.32 Å². The van der Waals surface area contributed by atoms with Gasteiger partial charge in [-0.25, -0.2) is 4.79 Å². The molecule has 2 bridgehead atoms. The van der Waals surface area contributed by atoms with E-state index in [0.29, 0.717) is 30.4 Å². The van der Waals surface area contributed by atoms with Crippen molar-refractivity contribution < 1.29 is 39.2 Å². The number of carbonyl (C=O) groups excluding carboxylic acids is 3. The molecule has 5 unspecified atom stereocenters. The van der Waals surface area contributed by atoms with Crippen LogP contribution in [0.4, 0.5) is 5.69 Å². The van der Waals surface area contributed by atoms with Crippen LogP contribution in [-0.2, 0) is 30.3 Å². The Hall–Kier alpha value is -3.89. The molecular weight excluding hydrogens is 588 g/mol. The van der Waals surface area contributed by atoms with Crippen LogP contribution in [0.1, 0.15) is 77.7 Å². The molecular formula is C36H50N2O8. The highest BCUT2D eigenvalue weighted by molar-refractivity contribution is 5.93. The monoisotopic (exact) mass is 638 g/mol.